The van der Waals surface area contributed by atoms with E-state index >= 15 is 0 Å². The Kier molecular flexibility index (Phi) is 7.44. The number of methoxy groups -OCH3 is 1. The van der Waals surface area contributed by atoms with Crippen LogP contribution in [0.25, 0.3) is 0 Å². The molecule has 2 heterocycles. The Morgan fingerprint density at radius 2 is 1.97 bits per heavy atom. The van der Waals surface area contributed by atoms with E-state index in [4.69, 9.17) is 16.3 Å². The molecule has 0 bridgehead atoms. The number of aliphatic imine (C=N–C) groups is 2. The van der Waals surface area contributed by atoms with Crippen LogP contribution in [0.4, 0.5) is 27.6 Å². The van der Waals surface area contributed by atoms with E-state index in [9.17, 15) is 26.7 Å². The van der Waals surface area contributed by atoms with Gasteiger partial charge in [0.2, 0.25) is 5.96 Å². The van der Waals surface area contributed by atoms with Crippen molar-refractivity contribution in [2.75, 3.05) is 7.11 Å². The minimum Gasteiger partial charge on any atom is -0.494 e. The lowest BCUT2D eigenvalue weighted by molar-refractivity contribution is -0.141. The summed E-state index contributed by atoms with van der Waals surface area (Å²) in [6.45, 7) is 0. The highest BCUT2D eigenvalue weighted by atomic mass is 35.5. The number of amidine groups is 1. The Labute approximate surface area is 216 Å². The van der Waals surface area contributed by atoms with E-state index in [1.165, 1.54) is 32.4 Å². The third-order valence-corrected chi connectivity index (χ3v) is 5.25. The van der Waals surface area contributed by atoms with Crippen LogP contribution >= 0.6 is 11.6 Å². The van der Waals surface area contributed by atoms with Crippen molar-refractivity contribution in [2.45, 2.75) is 12.6 Å². The average Bonchev–Trinajstić information content (AvgIpc) is 3.45. The number of rotatable bonds is 4. The molecule has 9 nitrogen and oxygen atoms in total. The molecule has 2 N–H and O–H groups in total. The fourth-order valence-electron chi connectivity index (χ4n) is 3.41. The summed E-state index contributed by atoms with van der Waals surface area (Å²) in [4.78, 5) is 21.0. The number of ether oxygens (including phenoxy) is 1. The molecule has 4 rings (SSSR count). The maximum atomic E-state index is 14.1. The Hall–Kier alpha value is -4.33. The van der Waals surface area contributed by atoms with E-state index in [0.717, 1.165) is 23.0 Å². The van der Waals surface area contributed by atoms with Crippen LogP contribution in [0.3, 0.4) is 0 Å². The van der Waals surface area contributed by atoms with Crippen molar-refractivity contribution in [2.24, 2.45) is 22.1 Å². The highest BCUT2D eigenvalue weighted by molar-refractivity contribution is 6.30. The summed E-state index contributed by atoms with van der Waals surface area (Å²) in [5.74, 6) is -2.92. The van der Waals surface area contributed by atoms with Crippen LogP contribution in [0.2, 0.25) is 5.02 Å². The lowest BCUT2D eigenvalue weighted by Crippen LogP contribution is -2.32. The maximum Gasteiger partial charge on any atom is 0.435 e. The van der Waals surface area contributed by atoms with E-state index in [1.54, 1.807) is 6.07 Å². The van der Waals surface area contributed by atoms with Gasteiger partial charge < -0.3 is 4.74 Å². The van der Waals surface area contributed by atoms with E-state index < -0.39 is 40.9 Å². The molecule has 0 saturated heterocycles. The Morgan fingerprint density at radius 3 is 2.63 bits per heavy atom. The fourth-order valence-corrected chi connectivity index (χ4v) is 3.63. The highest BCUT2D eigenvalue weighted by Gasteiger charge is 2.39. The maximum absolute atomic E-state index is 14.1. The highest BCUT2D eigenvalue weighted by Crippen LogP contribution is 2.30. The minimum atomic E-state index is -4.91. The number of amides is 1. The first kappa shape index (κ1) is 26.7. The van der Waals surface area contributed by atoms with Crippen LogP contribution in [0.15, 0.2) is 57.7 Å². The van der Waals surface area contributed by atoms with Crippen molar-refractivity contribution in [3.05, 3.63) is 76.1 Å². The molecule has 198 valence electrons. The largest absolute Gasteiger partial charge is 0.494 e. The molecule has 0 spiro atoms. The summed E-state index contributed by atoms with van der Waals surface area (Å²) in [6, 6.07) is 7.44. The molecular weight excluding hydrogens is 537 g/mol. The summed E-state index contributed by atoms with van der Waals surface area (Å²) in [6.07, 6.45) is -4.00. The third kappa shape index (κ3) is 6.14. The molecule has 0 radical (unpaired) electrons. The van der Waals surface area contributed by atoms with Crippen LogP contribution in [0.5, 0.6) is 5.75 Å². The summed E-state index contributed by atoms with van der Waals surface area (Å²) in [7, 11) is 2.54. The predicted octanol–water partition coefficient (Wildman–Crippen LogP) is 4.59. The summed E-state index contributed by atoms with van der Waals surface area (Å²) in [5, 5.41) is 9.55. The number of carbonyl (C=O) groups excluding carboxylic acids is 1. The van der Waals surface area contributed by atoms with Gasteiger partial charge in [-0.1, -0.05) is 11.6 Å². The first-order valence-electron chi connectivity index (χ1n) is 10.6. The topological polar surface area (TPSA) is 105 Å². The molecule has 0 fully saturated rings. The van der Waals surface area contributed by atoms with E-state index in [0.29, 0.717) is 11.3 Å². The zero-order valence-corrected chi connectivity index (χ0v) is 20.3. The molecule has 38 heavy (non-hydrogen) atoms. The van der Waals surface area contributed by atoms with Gasteiger partial charge in [-0.15, -0.1) is 0 Å². The van der Waals surface area contributed by atoms with Crippen molar-refractivity contribution >= 4 is 40.7 Å². The molecule has 0 aliphatic carbocycles. The van der Waals surface area contributed by atoms with Gasteiger partial charge in [0.25, 0.3) is 5.91 Å². The van der Waals surface area contributed by atoms with Crippen LogP contribution in [-0.4, -0.2) is 40.3 Å². The molecule has 0 saturated carbocycles. The lowest BCUT2D eigenvalue weighted by atomic mass is 10.1. The number of hydrogen-bond donors (Lipinski definition) is 2. The first-order valence-corrected chi connectivity index (χ1v) is 11.0. The standard InChI is InChI=1S/C23H17ClF5N7O2/c1-36-10-15(20(35-36)23(27,28)29)21(37)32-22(30-14-7-12(24)6-13(25)8-14)31-19-9-17(33-34-19)11-3-4-18(38-2)16(26)5-11/h3-8,10H,9H2,1-2H3,(H2,30,31,32,34,37). The zero-order valence-electron chi connectivity index (χ0n) is 19.6. The average molecular weight is 554 g/mol. The van der Waals surface area contributed by atoms with Gasteiger partial charge in [0.15, 0.2) is 17.3 Å². The number of guanidine groups is 1. The second-order valence-electron chi connectivity index (χ2n) is 7.83. The summed E-state index contributed by atoms with van der Waals surface area (Å²) < 4.78 is 73.8. The number of hydrazone groups is 1. The van der Waals surface area contributed by atoms with Crippen LogP contribution < -0.4 is 15.5 Å². The number of benzene rings is 2. The van der Waals surface area contributed by atoms with E-state index in [1.807, 2.05) is 0 Å². The molecule has 1 aromatic heterocycles. The van der Waals surface area contributed by atoms with E-state index in [-0.39, 0.29) is 28.7 Å². The second kappa shape index (κ2) is 10.6. The number of carbonyl (C=O) groups is 1. The number of nitrogens with one attached hydrogen (secondary N) is 2. The minimum absolute atomic E-state index is 0.0140. The molecule has 1 aliphatic heterocycles. The predicted molar refractivity (Wildman–Crippen MR) is 129 cm³/mol. The number of alkyl halides is 3. The molecule has 2 aromatic carbocycles. The van der Waals surface area contributed by atoms with Crippen molar-refractivity contribution in [3.8, 4) is 5.75 Å². The first-order chi connectivity index (χ1) is 17.9. The van der Waals surface area contributed by atoms with Gasteiger partial charge in [-0.3, -0.25) is 20.2 Å². The van der Waals surface area contributed by atoms with Crippen molar-refractivity contribution < 1.29 is 31.5 Å². The second-order valence-corrected chi connectivity index (χ2v) is 8.27. The number of aromatic nitrogens is 2. The molecule has 1 aliphatic rings. The van der Waals surface area contributed by atoms with Gasteiger partial charge in [-0.25, -0.2) is 13.8 Å². The lowest BCUT2D eigenvalue weighted by Gasteiger charge is -2.08. The summed E-state index contributed by atoms with van der Waals surface area (Å²) >= 11 is 5.86. The number of aryl methyl sites for hydroxylation is 1. The van der Waals surface area contributed by atoms with Gasteiger partial charge in [0.1, 0.15) is 11.7 Å². The van der Waals surface area contributed by atoms with Crippen molar-refractivity contribution in [1.82, 2.24) is 20.5 Å². The van der Waals surface area contributed by atoms with Gasteiger partial charge in [-0.2, -0.15) is 28.4 Å². The monoisotopic (exact) mass is 553 g/mol. The van der Waals surface area contributed by atoms with Gasteiger partial charge >= 0.3 is 6.18 Å². The van der Waals surface area contributed by atoms with Crippen LogP contribution in [0.1, 0.15) is 28.0 Å². The van der Waals surface area contributed by atoms with Crippen molar-refractivity contribution in [3.63, 3.8) is 0 Å². The number of nitrogens with zero attached hydrogens (tertiary/aromatic N) is 5. The zero-order chi connectivity index (χ0) is 27.6. The number of halogens is 6. The van der Waals surface area contributed by atoms with Crippen LogP contribution in [0, 0.1) is 11.6 Å². The molecule has 3 aromatic rings. The molecular formula is C23H17ClF5N7O2. The van der Waals surface area contributed by atoms with Crippen molar-refractivity contribution in [1.29, 1.82) is 0 Å². The summed E-state index contributed by atoms with van der Waals surface area (Å²) in [5.41, 5.74) is 1.11. The SMILES string of the molecule is COc1ccc(C2=NNC(=NC(=Nc3cc(F)cc(Cl)c3)NC(=O)c3cn(C)nc3C(F)(F)F)C2)cc1F. The fraction of sp³-hybridized carbons (Fsp3) is 0.174. The molecule has 15 heteroatoms. The molecule has 0 unspecified atom stereocenters. The van der Waals surface area contributed by atoms with Gasteiger partial charge in [0.05, 0.1) is 30.5 Å². The third-order valence-electron chi connectivity index (χ3n) is 5.03. The molecule has 0 atom stereocenters. The Bertz CT molecular complexity index is 1480. The Morgan fingerprint density at radius 1 is 1.21 bits per heavy atom. The van der Waals surface area contributed by atoms with E-state index in [2.05, 4.69) is 30.9 Å². The Balaban J connectivity index is 1.65. The smallest absolute Gasteiger partial charge is 0.435 e. The van der Waals surface area contributed by atoms with Gasteiger partial charge in [0, 0.05) is 23.8 Å². The normalized spacial score (nSPS) is 14.9. The number of hydrogen-bond acceptors (Lipinski definition) is 5. The van der Waals surface area contributed by atoms with Gasteiger partial charge in [-0.05, 0) is 36.4 Å². The van der Waals surface area contributed by atoms with Crippen LogP contribution in [-0.2, 0) is 13.2 Å². The molecule has 1 amide bonds. The quantitative estimate of drug-likeness (QED) is 0.280.